The van der Waals surface area contributed by atoms with Crippen molar-refractivity contribution in [3.05, 3.63) is 0 Å². The van der Waals surface area contributed by atoms with Crippen LogP contribution in [0.1, 0.15) is 32.6 Å². The van der Waals surface area contributed by atoms with E-state index in [0.29, 0.717) is 18.6 Å². The van der Waals surface area contributed by atoms with Gasteiger partial charge in [-0.1, -0.05) is 6.92 Å². The van der Waals surface area contributed by atoms with Crippen LogP contribution in [0.3, 0.4) is 0 Å². The molecule has 0 aromatic heterocycles. The number of nitrogens with zero attached hydrogens (tertiary/aromatic N) is 3. The van der Waals surface area contributed by atoms with E-state index in [-0.39, 0.29) is 11.9 Å². The number of carbonyl (C=O) groups is 2. The molecule has 3 aliphatic heterocycles. The normalized spacial score (nSPS) is 36.9. The molecule has 0 aliphatic carbocycles. The number of likely N-dealkylation sites (tertiary alicyclic amines) is 2. The fourth-order valence-electron chi connectivity index (χ4n) is 4.20. The van der Waals surface area contributed by atoms with Crippen molar-refractivity contribution >= 4 is 12.0 Å². The lowest BCUT2D eigenvalue weighted by Gasteiger charge is -2.32. The Morgan fingerprint density at radius 2 is 1.76 bits per heavy atom. The van der Waals surface area contributed by atoms with Crippen LogP contribution in [0.5, 0.6) is 0 Å². The van der Waals surface area contributed by atoms with Gasteiger partial charge < -0.3 is 14.9 Å². The highest BCUT2D eigenvalue weighted by atomic mass is 16.4. The second-order valence-corrected chi connectivity index (χ2v) is 6.81. The molecule has 4 unspecified atom stereocenters. The van der Waals surface area contributed by atoms with Gasteiger partial charge in [0.1, 0.15) is 6.04 Å². The third kappa shape index (κ3) is 2.50. The van der Waals surface area contributed by atoms with Gasteiger partial charge in [-0.3, -0.25) is 4.90 Å². The number of likely N-dealkylation sites (N-methyl/N-ethyl adjacent to an activating group) is 1. The fraction of sp³-hybridized carbons (Fsp3) is 0.867. The van der Waals surface area contributed by atoms with Crippen LogP contribution in [0.2, 0.25) is 0 Å². The Morgan fingerprint density at radius 3 is 2.48 bits per heavy atom. The summed E-state index contributed by atoms with van der Waals surface area (Å²) < 4.78 is 0. The van der Waals surface area contributed by atoms with Gasteiger partial charge >= 0.3 is 12.0 Å². The van der Waals surface area contributed by atoms with Crippen molar-refractivity contribution in [2.24, 2.45) is 5.92 Å². The Hall–Kier alpha value is -1.30. The molecule has 0 spiro atoms. The molecule has 0 aromatic rings. The summed E-state index contributed by atoms with van der Waals surface area (Å²) in [7, 11) is 2.15. The van der Waals surface area contributed by atoms with Crippen molar-refractivity contribution in [3.63, 3.8) is 0 Å². The van der Waals surface area contributed by atoms with E-state index in [2.05, 4.69) is 11.9 Å². The number of fused-ring (bicyclic) bond motifs is 2. The average Bonchev–Trinajstić information content (AvgIpc) is 2.90. The predicted octanol–water partition coefficient (Wildman–Crippen LogP) is 1.07. The van der Waals surface area contributed by atoms with Crippen LogP contribution in [-0.4, -0.2) is 76.6 Å². The minimum Gasteiger partial charge on any atom is -0.480 e. The van der Waals surface area contributed by atoms with Gasteiger partial charge in [0.05, 0.1) is 0 Å². The standard InChI is InChI=1S/C15H25N3O3/c1-10-5-8-18(13(10)14(19)20)15(21)17-7-6-11-3-4-12(9-17)16(11)2/h10-13H,3-9H2,1-2H3,(H,19,20). The third-order valence-corrected chi connectivity index (χ3v) is 5.62. The minimum atomic E-state index is -0.873. The number of urea groups is 1. The maximum atomic E-state index is 12.8. The van der Waals surface area contributed by atoms with Gasteiger partial charge in [0.25, 0.3) is 0 Å². The van der Waals surface area contributed by atoms with Crippen molar-refractivity contribution < 1.29 is 14.7 Å². The van der Waals surface area contributed by atoms with Crippen LogP contribution in [-0.2, 0) is 4.79 Å². The van der Waals surface area contributed by atoms with Crippen LogP contribution >= 0.6 is 0 Å². The summed E-state index contributed by atoms with van der Waals surface area (Å²) in [6.07, 6.45) is 4.15. The van der Waals surface area contributed by atoms with Gasteiger partial charge in [-0.05, 0) is 38.6 Å². The summed E-state index contributed by atoms with van der Waals surface area (Å²) in [6.45, 7) is 3.98. The second kappa shape index (κ2) is 5.48. The highest BCUT2D eigenvalue weighted by Crippen LogP contribution is 2.30. The molecular formula is C15H25N3O3. The van der Waals surface area contributed by atoms with Gasteiger partial charge in [-0.2, -0.15) is 0 Å². The molecule has 0 aromatic carbocycles. The van der Waals surface area contributed by atoms with E-state index in [0.717, 1.165) is 32.4 Å². The van der Waals surface area contributed by atoms with Gasteiger partial charge in [-0.25, -0.2) is 9.59 Å². The van der Waals surface area contributed by atoms with Gasteiger partial charge in [0.2, 0.25) is 0 Å². The maximum Gasteiger partial charge on any atom is 0.326 e. The molecule has 0 radical (unpaired) electrons. The lowest BCUT2D eigenvalue weighted by Crippen LogP contribution is -2.51. The smallest absolute Gasteiger partial charge is 0.326 e. The molecule has 3 heterocycles. The molecule has 4 atom stereocenters. The Kier molecular flexibility index (Phi) is 3.82. The SMILES string of the molecule is CC1CCN(C(=O)N2CCC3CCC(C2)N3C)C1C(=O)O. The van der Waals surface area contributed by atoms with Crippen molar-refractivity contribution in [2.75, 3.05) is 26.7 Å². The average molecular weight is 295 g/mol. The summed E-state index contributed by atoms with van der Waals surface area (Å²) >= 11 is 0. The van der Waals surface area contributed by atoms with Crippen LogP contribution < -0.4 is 0 Å². The molecule has 2 amide bonds. The summed E-state index contributed by atoms with van der Waals surface area (Å²) in [5, 5.41) is 9.38. The third-order valence-electron chi connectivity index (χ3n) is 5.62. The monoisotopic (exact) mass is 295 g/mol. The van der Waals surface area contributed by atoms with Crippen LogP contribution in [0.15, 0.2) is 0 Å². The highest BCUT2D eigenvalue weighted by molar-refractivity contribution is 5.83. The molecule has 3 fully saturated rings. The number of aliphatic carboxylic acids is 1. The van der Waals surface area contributed by atoms with Gasteiger partial charge in [-0.15, -0.1) is 0 Å². The lowest BCUT2D eigenvalue weighted by atomic mass is 10.0. The number of carboxylic acids is 1. The topological polar surface area (TPSA) is 64.1 Å². The van der Waals surface area contributed by atoms with Crippen LogP contribution in [0, 0.1) is 5.92 Å². The van der Waals surface area contributed by atoms with E-state index in [4.69, 9.17) is 0 Å². The first-order valence-electron chi connectivity index (χ1n) is 7.99. The quantitative estimate of drug-likeness (QED) is 0.786. The maximum absolute atomic E-state index is 12.8. The van der Waals surface area contributed by atoms with Crippen LogP contribution in [0.25, 0.3) is 0 Å². The van der Waals surface area contributed by atoms with Crippen molar-refractivity contribution in [1.82, 2.24) is 14.7 Å². The van der Waals surface area contributed by atoms with Crippen molar-refractivity contribution in [1.29, 1.82) is 0 Å². The van der Waals surface area contributed by atoms with Crippen LogP contribution in [0.4, 0.5) is 4.79 Å². The van der Waals surface area contributed by atoms with E-state index in [1.807, 2.05) is 11.8 Å². The summed E-state index contributed by atoms with van der Waals surface area (Å²) in [4.78, 5) is 30.1. The number of rotatable bonds is 1. The summed E-state index contributed by atoms with van der Waals surface area (Å²) in [5.41, 5.74) is 0. The Morgan fingerprint density at radius 1 is 1.05 bits per heavy atom. The Bertz CT molecular complexity index is 442. The number of amides is 2. The number of carboxylic acid groups (broad SMARTS) is 1. The predicted molar refractivity (Wildman–Crippen MR) is 78.1 cm³/mol. The second-order valence-electron chi connectivity index (χ2n) is 6.81. The van der Waals surface area contributed by atoms with E-state index in [1.165, 1.54) is 6.42 Å². The highest BCUT2D eigenvalue weighted by Gasteiger charge is 2.43. The van der Waals surface area contributed by atoms with Gasteiger partial charge in [0, 0.05) is 31.7 Å². The van der Waals surface area contributed by atoms with Crippen molar-refractivity contribution in [2.45, 2.75) is 50.7 Å². The Balaban J connectivity index is 1.72. The van der Waals surface area contributed by atoms with E-state index < -0.39 is 12.0 Å². The molecule has 6 nitrogen and oxygen atoms in total. The molecule has 2 bridgehead atoms. The molecule has 1 N–H and O–H groups in total. The molecule has 3 saturated heterocycles. The van der Waals surface area contributed by atoms with E-state index >= 15 is 0 Å². The first-order valence-corrected chi connectivity index (χ1v) is 7.99. The number of hydrogen-bond acceptors (Lipinski definition) is 3. The molecule has 3 rings (SSSR count). The number of hydrogen-bond donors (Lipinski definition) is 1. The zero-order valence-electron chi connectivity index (χ0n) is 12.9. The first-order chi connectivity index (χ1) is 9.99. The molecular weight excluding hydrogens is 270 g/mol. The molecule has 118 valence electrons. The summed E-state index contributed by atoms with van der Waals surface area (Å²) in [6, 6.07) is 0.286. The fourth-order valence-corrected chi connectivity index (χ4v) is 4.20. The van der Waals surface area contributed by atoms with E-state index in [1.54, 1.807) is 4.90 Å². The lowest BCUT2D eigenvalue weighted by molar-refractivity contribution is -0.142. The molecule has 3 aliphatic rings. The molecule has 21 heavy (non-hydrogen) atoms. The Labute approximate surface area is 125 Å². The van der Waals surface area contributed by atoms with Gasteiger partial charge in [0.15, 0.2) is 0 Å². The largest absolute Gasteiger partial charge is 0.480 e. The van der Waals surface area contributed by atoms with Crippen molar-refractivity contribution in [3.8, 4) is 0 Å². The minimum absolute atomic E-state index is 0.0394. The zero-order chi connectivity index (χ0) is 15.1. The molecule has 6 heteroatoms. The molecule has 0 saturated carbocycles. The number of carbonyl (C=O) groups excluding carboxylic acids is 1. The first kappa shape index (κ1) is 14.6. The zero-order valence-corrected chi connectivity index (χ0v) is 12.9. The summed E-state index contributed by atoms with van der Waals surface area (Å²) in [5.74, 6) is -0.834. The van der Waals surface area contributed by atoms with E-state index in [9.17, 15) is 14.7 Å².